The summed E-state index contributed by atoms with van der Waals surface area (Å²) in [6.07, 6.45) is -1.73. The maximum absolute atomic E-state index is 9.16. The molecule has 0 heterocycles. The lowest BCUT2D eigenvalue weighted by Crippen LogP contribution is -2.21. The third-order valence-electron chi connectivity index (χ3n) is 1.41. The van der Waals surface area contributed by atoms with Crippen LogP contribution in [0.3, 0.4) is 0 Å². The van der Waals surface area contributed by atoms with Crippen LogP contribution >= 0.6 is 31.9 Å². The van der Waals surface area contributed by atoms with Crippen molar-refractivity contribution in [2.75, 3.05) is 0 Å². The Bertz CT molecular complexity index is 210. The first kappa shape index (κ1) is 8.46. The van der Waals surface area contributed by atoms with Crippen molar-refractivity contribution >= 4 is 31.9 Å². The molecule has 0 aliphatic heterocycles. The molecule has 0 aromatic carbocycles. The first-order chi connectivity index (χ1) is 4.55. The normalized spacial score (nSPS) is 33.8. The fourth-order valence-corrected chi connectivity index (χ4v) is 1.72. The lowest BCUT2D eigenvalue weighted by atomic mass is 10.2. The summed E-state index contributed by atoms with van der Waals surface area (Å²) < 4.78 is 1.22. The molecule has 0 bridgehead atoms. The molecule has 0 aromatic rings. The lowest BCUT2D eigenvalue weighted by molar-refractivity contribution is 0.0813. The molecular formula is C6H6Br2O2. The molecular weight excluding hydrogens is 264 g/mol. The first-order valence-corrected chi connectivity index (χ1v) is 4.24. The standard InChI is InChI=1S/C6H6Br2O2/c1-2-3(7)4(8)6(10)5(2)9/h5-6,9-10H,1H2. The van der Waals surface area contributed by atoms with Gasteiger partial charge in [-0.25, -0.2) is 0 Å². The molecule has 0 saturated carbocycles. The first-order valence-electron chi connectivity index (χ1n) is 2.66. The quantitative estimate of drug-likeness (QED) is 0.696. The molecule has 2 nitrogen and oxygen atoms in total. The van der Waals surface area contributed by atoms with E-state index in [0.717, 1.165) is 0 Å². The average molecular weight is 270 g/mol. The second-order valence-corrected chi connectivity index (χ2v) is 3.72. The van der Waals surface area contributed by atoms with Gasteiger partial charge in [-0.2, -0.15) is 0 Å². The van der Waals surface area contributed by atoms with Crippen molar-refractivity contribution in [3.8, 4) is 0 Å². The summed E-state index contributed by atoms with van der Waals surface area (Å²) in [6, 6.07) is 0. The fraction of sp³-hybridized carbons (Fsp3) is 0.333. The van der Waals surface area contributed by atoms with E-state index in [1.807, 2.05) is 0 Å². The highest BCUT2D eigenvalue weighted by Gasteiger charge is 2.32. The zero-order valence-corrected chi connectivity index (χ0v) is 8.18. The molecule has 0 aromatic heterocycles. The predicted molar refractivity (Wildman–Crippen MR) is 46.0 cm³/mol. The van der Waals surface area contributed by atoms with Gasteiger partial charge < -0.3 is 10.2 Å². The highest BCUT2D eigenvalue weighted by atomic mass is 79.9. The molecule has 2 unspecified atom stereocenters. The highest BCUT2D eigenvalue weighted by molar-refractivity contribution is 9.14. The second kappa shape index (κ2) is 2.77. The number of halogens is 2. The summed E-state index contributed by atoms with van der Waals surface area (Å²) >= 11 is 6.27. The minimum absolute atomic E-state index is 0.513. The third-order valence-corrected chi connectivity index (χ3v) is 3.74. The van der Waals surface area contributed by atoms with E-state index in [9.17, 15) is 0 Å². The van der Waals surface area contributed by atoms with Gasteiger partial charge in [0.05, 0.1) is 0 Å². The molecule has 56 valence electrons. The van der Waals surface area contributed by atoms with Gasteiger partial charge in [-0.3, -0.25) is 0 Å². The van der Waals surface area contributed by atoms with Crippen LogP contribution in [0.25, 0.3) is 0 Å². The van der Waals surface area contributed by atoms with Crippen LogP contribution in [0.5, 0.6) is 0 Å². The lowest BCUT2D eigenvalue weighted by Gasteiger charge is -2.07. The second-order valence-electron chi connectivity index (χ2n) is 2.08. The van der Waals surface area contributed by atoms with Crippen molar-refractivity contribution in [2.45, 2.75) is 12.2 Å². The van der Waals surface area contributed by atoms with Crippen molar-refractivity contribution in [3.05, 3.63) is 21.1 Å². The van der Waals surface area contributed by atoms with Gasteiger partial charge in [-0.15, -0.1) is 0 Å². The van der Waals surface area contributed by atoms with Gasteiger partial charge in [-0.05, 0) is 21.5 Å². The van der Waals surface area contributed by atoms with Gasteiger partial charge in [0.1, 0.15) is 12.2 Å². The fourth-order valence-electron chi connectivity index (χ4n) is 0.742. The van der Waals surface area contributed by atoms with Gasteiger partial charge in [0.2, 0.25) is 0 Å². The summed E-state index contributed by atoms with van der Waals surface area (Å²) in [4.78, 5) is 0. The monoisotopic (exact) mass is 268 g/mol. The number of hydrogen-bond donors (Lipinski definition) is 2. The van der Waals surface area contributed by atoms with Crippen molar-refractivity contribution in [2.24, 2.45) is 0 Å². The predicted octanol–water partition coefficient (Wildman–Crippen LogP) is 1.28. The smallest absolute Gasteiger partial charge is 0.117 e. The Morgan fingerprint density at radius 1 is 1.20 bits per heavy atom. The van der Waals surface area contributed by atoms with E-state index in [1.54, 1.807) is 0 Å². The van der Waals surface area contributed by atoms with E-state index in [2.05, 4.69) is 38.4 Å². The molecule has 0 spiro atoms. The average Bonchev–Trinajstić information content (AvgIpc) is 2.07. The Morgan fingerprint density at radius 3 is 1.80 bits per heavy atom. The molecule has 1 rings (SSSR count). The van der Waals surface area contributed by atoms with Crippen LogP contribution in [0.2, 0.25) is 0 Å². The summed E-state index contributed by atoms with van der Waals surface area (Å²) in [5, 5.41) is 18.3. The molecule has 0 fully saturated rings. The largest absolute Gasteiger partial charge is 0.385 e. The Morgan fingerprint density at radius 2 is 1.70 bits per heavy atom. The van der Waals surface area contributed by atoms with Gasteiger partial charge in [0, 0.05) is 8.96 Å². The number of hydrogen-bond acceptors (Lipinski definition) is 2. The molecule has 0 radical (unpaired) electrons. The molecule has 2 N–H and O–H groups in total. The molecule has 1 aliphatic rings. The van der Waals surface area contributed by atoms with Crippen LogP contribution in [0.15, 0.2) is 21.1 Å². The number of aliphatic hydroxyl groups is 2. The van der Waals surface area contributed by atoms with Crippen LogP contribution in [-0.2, 0) is 0 Å². The Balaban J connectivity index is 2.99. The minimum atomic E-state index is -0.872. The Hall–Kier alpha value is 0.360. The summed E-state index contributed by atoms with van der Waals surface area (Å²) in [6.45, 7) is 3.57. The molecule has 1 aliphatic carbocycles. The van der Waals surface area contributed by atoms with E-state index >= 15 is 0 Å². The van der Waals surface area contributed by atoms with Crippen LogP contribution < -0.4 is 0 Å². The number of aliphatic hydroxyl groups excluding tert-OH is 2. The zero-order valence-electron chi connectivity index (χ0n) is 5.01. The zero-order chi connectivity index (χ0) is 7.89. The minimum Gasteiger partial charge on any atom is -0.385 e. The van der Waals surface area contributed by atoms with Gasteiger partial charge in [-0.1, -0.05) is 22.5 Å². The molecule has 10 heavy (non-hydrogen) atoms. The van der Waals surface area contributed by atoms with Crippen molar-refractivity contribution in [1.82, 2.24) is 0 Å². The summed E-state index contributed by atoms with van der Waals surface area (Å²) in [5.41, 5.74) is 0.513. The Kier molecular flexibility index (Phi) is 2.34. The van der Waals surface area contributed by atoms with E-state index in [4.69, 9.17) is 10.2 Å². The van der Waals surface area contributed by atoms with Crippen molar-refractivity contribution in [1.29, 1.82) is 0 Å². The topological polar surface area (TPSA) is 40.5 Å². The van der Waals surface area contributed by atoms with Crippen LogP contribution in [0.1, 0.15) is 0 Å². The van der Waals surface area contributed by atoms with Gasteiger partial charge in [0.15, 0.2) is 0 Å². The van der Waals surface area contributed by atoms with Crippen LogP contribution in [0.4, 0.5) is 0 Å². The van der Waals surface area contributed by atoms with Crippen molar-refractivity contribution < 1.29 is 10.2 Å². The van der Waals surface area contributed by atoms with E-state index in [0.29, 0.717) is 14.5 Å². The van der Waals surface area contributed by atoms with E-state index in [-0.39, 0.29) is 0 Å². The van der Waals surface area contributed by atoms with E-state index < -0.39 is 12.2 Å². The summed E-state index contributed by atoms with van der Waals surface area (Å²) in [7, 11) is 0. The molecule has 0 saturated heterocycles. The van der Waals surface area contributed by atoms with Crippen LogP contribution in [-0.4, -0.2) is 22.4 Å². The highest BCUT2D eigenvalue weighted by Crippen LogP contribution is 2.37. The molecule has 2 atom stereocenters. The van der Waals surface area contributed by atoms with Crippen LogP contribution in [0, 0.1) is 0 Å². The Labute approximate surface area is 75.5 Å². The summed E-state index contributed by atoms with van der Waals surface area (Å²) in [5.74, 6) is 0. The third kappa shape index (κ3) is 1.09. The maximum atomic E-state index is 9.16. The van der Waals surface area contributed by atoms with Crippen molar-refractivity contribution in [3.63, 3.8) is 0 Å². The SMILES string of the molecule is C=C1C(Br)=C(Br)C(O)C1O. The van der Waals surface area contributed by atoms with E-state index in [1.165, 1.54) is 0 Å². The molecule has 4 heteroatoms. The van der Waals surface area contributed by atoms with Gasteiger partial charge in [0.25, 0.3) is 0 Å². The maximum Gasteiger partial charge on any atom is 0.117 e. The van der Waals surface area contributed by atoms with Gasteiger partial charge >= 0.3 is 0 Å². The molecule has 0 amide bonds. The number of rotatable bonds is 0.